The molecule has 2 rings (SSSR count). The Morgan fingerprint density at radius 2 is 1.76 bits per heavy atom. The first kappa shape index (κ1) is 15.5. The second kappa shape index (κ2) is 6.71. The van der Waals surface area contributed by atoms with Crippen molar-refractivity contribution in [2.75, 3.05) is 32.7 Å². The quantitative estimate of drug-likeness (QED) is 0.883. The highest BCUT2D eigenvalue weighted by Crippen LogP contribution is 2.14. The molecule has 1 aliphatic heterocycles. The van der Waals surface area contributed by atoms with Gasteiger partial charge in [-0.3, -0.25) is 14.4 Å². The number of nitrogens with zero attached hydrogens (tertiary/aromatic N) is 2. The smallest absolute Gasteiger partial charge is 0.261 e. The maximum Gasteiger partial charge on any atom is 0.261 e. The fraction of sp³-hybridized carbons (Fsp3) is 0.500. The molecule has 0 unspecified atom stereocenters. The first-order valence-corrected chi connectivity index (χ1v) is 7.67. The second-order valence-corrected chi connectivity index (χ2v) is 6.27. The molecule has 3 amide bonds. The largest absolute Gasteiger partial charge is 0.342 e. The van der Waals surface area contributed by atoms with Crippen molar-refractivity contribution in [3.05, 3.63) is 21.9 Å². The fourth-order valence-corrected chi connectivity index (χ4v) is 2.97. The van der Waals surface area contributed by atoms with E-state index in [1.807, 2.05) is 13.0 Å². The van der Waals surface area contributed by atoms with E-state index in [0.717, 1.165) is 4.88 Å². The fourth-order valence-electron chi connectivity index (χ4n) is 2.18. The summed E-state index contributed by atoms with van der Waals surface area (Å²) < 4.78 is 0. The van der Waals surface area contributed by atoms with E-state index in [0.29, 0.717) is 31.1 Å². The lowest BCUT2D eigenvalue weighted by Gasteiger charge is -2.34. The van der Waals surface area contributed by atoms with Crippen LogP contribution in [0, 0.1) is 6.92 Å². The maximum absolute atomic E-state index is 12.0. The van der Waals surface area contributed by atoms with Crippen molar-refractivity contribution in [1.29, 1.82) is 0 Å². The molecule has 0 saturated carbocycles. The molecule has 1 saturated heterocycles. The second-order valence-electron chi connectivity index (χ2n) is 4.98. The minimum atomic E-state index is -0.219. The Bertz CT molecular complexity index is 547. The van der Waals surface area contributed by atoms with Gasteiger partial charge in [0, 0.05) is 38.0 Å². The van der Waals surface area contributed by atoms with Crippen LogP contribution >= 0.6 is 11.3 Å². The zero-order valence-corrected chi connectivity index (χ0v) is 13.0. The van der Waals surface area contributed by atoms with Gasteiger partial charge < -0.3 is 15.1 Å². The van der Waals surface area contributed by atoms with Crippen molar-refractivity contribution in [3.8, 4) is 0 Å². The van der Waals surface area contributed by atoms with Crippen LogP contribution in [0.1, 0.15) is 21.5 Å². The van der Waals surface area contributed by atoms with Crippen LogP contribution in [0.3, 0.4) is 0 Å². The Kier molecular flexibility index (Phi) is 4.95. The molecule has 21 heavy (non-hydrogen) atoms. The number of carbonyl (C=O) groups excluding carboxylic acids is 3. The lowest BCUT2D eigenvalue weighted by atomic mass is 10.3. The highest BCUT2D eigenvalue weighted by Gasteiger charge is 2.22. The van der Waals surface area contributed by atoms with Gasteiger partial charge in [0.25, 0.3) is 5.91 Å². The molecule has 1 aromatic rings. The van der Waals surface area contributed by atoms with E-state index in [9.17, 15) is 14.4 Å². The monoisotopic (exact) mass is 309 g/mol. The molecule has 0 radical (unpaired) electrons. The van der Waals surface area contributed by atoms with Crippen LogP contribution in [0.15, 0.2) is 12.1 Å². The van der Waals surface area contributed by atoms with Gasteiger partial charge in [-0.1, -0.05) is 0 Å². The summed E-state index contributed by atoms with van der Waals surface area (Å²) in [6, 6.07) is 3.63. The predicted molar refractivity (Wildman–Crippen MR) is 80.2 cm³/mol. The Labute approximate surface area is 127 Å². The number of amides is 3. The van der Waals surface area contributed by atoms with Gasteiger partial charge in [-0.05, 0) is 19.1 Å². The van der Waals surface area contributed by atoms with Crippen molar-refractivity contribution in [3.63, 3.8) is 0 Å². The van der Waals surface area contributed by atoms with Crippen LogP contribution in [0.2, 0.25) is 0 Å². The first-order valence-electron chi connectivity index (χ1n) is 6.85. The molecular weight excluding hydrogens is 290 g/mol. The summed E-state index contributed by atoms with van der Waals surface area (Å²) in [7, 11) is 0. The van der Waals surface area contributed by atoms with Gasteiger partial charge in [0.1, 0.15) is 0 Å². The SMILES string of the molecule is CC(=O)N1CCN(C(=O)CNC(=O)c2ccc(C)s2)CC1. The van der Waals surface area contributed by atoms with E-state index in [2.05, 4.69) is 5.32 Å². The van der Waals surface area contributed by atoms with E-state index in [-0.39, 0.29) is 24.3 Å². The van der Waals surface area contributed by atoms with Crippen molar-refractivity contribution in [1.82, 2.24) is 15.1 Å². The van der Waals surface area contributed by atoms with E-state index >= 15 is 0 Å². The van der Waals surface area contributed by atoms with Crippen LogP contribution < -0.4 is 5.32 Å². The summed E-state index contributed by atoms with van der Waals surface area (Å²) in [5.74, 6) is -0.299. The summed E-state index contributed by atoms with van der Waals surface area (Å²) in [4.78, 5) is 40.2. The molecule has 0 aliphatic carbocycles. The molecule has 6 nitrogen and oxygen atoms in total. The summed E-state index contributed by atoms with van der Waals surface area (Å²) >= 11 is 1.41. The third kappa shape index (κ3) is 4.04. The van der Waals surface area contributed by atoms with E-state index in [4.69, 9.17) is 0 Å². The Balaban J connectivity index is 1.78. The number of piperazine rings is 1. The number of hydrogen-bond acceptors (Lipinski definition) is 4. The van der Waals surface area contributed by atoms with Gasteiger partial charge in [-0.25, -0.2) is 0 Å². The third-order valence-corrected chi connectivity index (χ3v) is 4.44. The molecule has 1 aliphatic rings. The van der Waals surface area contributed by atoms with Crippen LogP contribution in [0.5, 0.6) is 0 Å². The van der Waals surface area contributed by atoms with Gasteiger partial charge >= 0.3 is 0 Å². The zero-order chi connectivity index (χ0) is 15.4. The molecule has 1 fully saturated rings. The maximum atomic E-state index is 12.0. The average Bonchev–Trinajstić information content (AvgIpc) is 2.91. The van der Waals surface area contributed by atoms with Gasteiger partial charge in [-0.15, -0.1) is 11.3 Å². The van der Waals surface area contributed by atoms with Crippen molar-refractivity contribution < 1.29 is 14.4 Å². The number of rotatable bonds is 3. The predicted octanol–water partition coefficient (Wildman–Crippen LogP) is 0.477. The average molecular weight is 309 g/mol. The molecule has 1 aromatic heterocycles. The number of nitrogens with one attached hydrogen (secondary N) is 1. The summed E-state index contributed by atoms with van der Waals surface area (Å²) in [6.45, 7) is 5.61. The van der Waals surface area contributed by atoms with Gasteiger partial charge in [0.15, 0.2) is 0 Å². The van der Waals surface area contributed by atoms with Crippen LogP contribution in [-0.4, -0.2) is 60.2 Å². The Morgan fingerprint density at radius 1 is 1.14 bits per heavy atom. The van der Waals surface area contributed by atoms with Gasteiger partial charge in [0.05, 0.1) is 11.4 Å². The number of carbonyl (C=O) groups is 3. The summed E-state index contributed by atoms with van der Waals surface area (Å²) in [5.41, 5.74) is 0. The van der Waals surface area contributed by atoms with Gasteiger partial charge in [0.2, 0.25) is 11.8 Å². The normalized spacial score (nSPS) is 15.0. The third-order valence-electron chi connectivity index (χ3n) is 3.44. The van der Waals surface area contributed by atoms with Gasteiger partial charge in [-0.2, -0.15) is 0 Å². The minimum absolute atomic E-state index is 0.00411. The number of thiophene rings is 1. The number of aryl methyl sites for hydroxylation is 1. The molecule has 0 atom stereocenters. The zero-order valence-electron chi connectivity index (χ0n) is 12.2. The Morgan fingerprint density at radius 3 is 2.29 bits per heavy atom. The molecule has 7 heteroatoms. The summed E-state index contributed by atoms with van der Waals surface area (Å²) in [5, 5.41) is 2.64. The molecule has 0 aromatic carbocycles. The van der Waals surface area contributed by atoms with Crippen LogP contribution in [0.25, 0.3) is 0 Å². The van der Waals surface area contributed by atoms with Crippen molar-refractivity contribution >= 4 is 29.1 Å². The van der Waals surface area contributed by atoms with Crippen molar-refractivity contribution in [2.24, 2.45) is 0 Å². The highest BCUT2D eigenvalue weighted by molar-refractivity contribution is 7.13. The van der Waals surface area contributed by atoms with E-state index in [1.165, 1.54) is 18.3 Å². The minimum Gasteiger partial charge on any atom is -0.342 e. The van der Waals surface area contributed by atoms with Crippen LogP contribution in [0.4, 0.5) is 0 Å². The topological polar surface area (TPSA) is 69.7 Å². The Hall–Kier alpha value is -1.89. The lowest BCUT2D eigenvalue weighted by Crippen LogP contribution is -2.52. The molecule has 114 valence electrons. The molecule has 0 bridgehead atoms. The van der Waals surface area contributed by atoms with Crippen LogP contribution in [-0.2, 0) is 9.59 Å². The van der Waals surface area contributed by atoms with E-state index in [1.54, 1.807) is 15.9 Å². The number of hydrogen-bond donors (Lipinski definition) is 1. The van der Waals surface area contributed by atoms with E-state index < -0.39 is 0 Å². The molecule has 2 heterocycles. The lowest BCUT2D eigenvalue weighted by molar-refractivity contribution is -0.137. The highest BCUT2D eigenvalue weighted by atomic mass is 32.1. The standard InChI is InChI=1S/C14H19N3O3S/c1-10-3-4-12(21-10)14(20)15-9-13(19)17-7-5-16(6-8-17)11(2)18/h3-4H,5-9H2,1-2H3,(H,15,20). The first-order chi connectivity index (χ1) is 9.97. The molecule has 0 spiro atoms. The van der Waals surface area contributed by atoms with Crippen molar-refractivity contribution in [2.45, 2.75) is 13.8 Å². The molecular formula is C14H19N3O3S. The summed E-state index contributed by atoms with van der Waals surface area (Å²) in [6.07, 6.45) is 0. The molecule has 1 N–H and O–H groups in total.